The van der Waals surface area contributed by atoms with Gasteiger partial charge in [0, 0.05) is 18.7 Å². The van der Waals surface area contributed by atoms with E-state index in [1.807, 2.05) is 7.85 Å². The molecule has 1 aliphatic heterocycles. The van der Waals surface area contributed by atoms with Gasteiger partial charge >= 0.3 is 0 Å². The molecule has 0 saturated heterocycles. The smallest absolute Gasteiger partial charge is 0.166 e. The lowest BCUT2D eigenvalue weighted by molar-refractivity contribution is 0.477. The van der Waals surface area contributed by atoms with Crippen LogP contribution in [0.25, 0.3) is 0 Å². The van der Waals surface area contributed by atoms with Crippen molar-refractivity contribution in [3.05, 3.63) is 11.8 Å². The molecule has 0 spiro atoms. The maximum absolute atomic E-state index is 4.33. The molecular formula is C6H10BN3. The van der Waals surface area contributed by atoms with Gasteiger partial charge in [-0.25, -0.2) is 0 Å². The van der Waals surface area contributed by atoms with E-state index in [4.69, 9.17) is 0 Å². The summed E-state index contributed by atoms with van der Waals surface area (Å²) in [6.45, 7) is 3.04. The second kappa shape index (κ2) is 2.13. The van der Waals surface area contributed by atoms with Crippen LogP contribution in [0.3, 0.4) is 0 Å². The van der Waals surface area contributed by atoms with Crippen molar-refractivity contribution in [1.29, 1.82) is 0 Å². The van der Waals surface area contributed by atoms with Crippen molar-refractivity contribution in [3.63, 3.8) is 0 Å². The summed E-state index contributed by atoms with van der Waals surface area (Å²) in [7, 11) is 2.03. The first-order chi connectivity index (χ1) is 4.86. The van der Waals surface area contributed by atoms with E-state index < -0.39 is 0 Å². The lowest BCUT2D eigenvalue weighted by atomic mass is 10.1. The van der Waals surface area contributed by atoms with Crippen molar-refractivity contribution in [3.8, 4) is 0 Å². The third-order valence-electron chi connectivity index (χ3n) is 1.79. The highest BCUT2D eigenvalue weighted by Gasteiger charge is 2.08. The molecule has 0 fully saturated rings. The molecule has 0 radical (unpaired) electrons. The minimum atomic E-state index is 0.973. The zero-order valence-electron chi connectivity index (χ0n) is 6.09. The number of fused-ring (bicyclic) bond motifs is 1. The van der Waals surface area contributed by atoms with Crippen molar-refractivity contribution < 1.29 is 0 Å². The standard InChI is InChI=1S/C6H10BN3/c7-6-3-5-4-8-1-2-10(5)9-6/h3,8H,1-2,4,7H2. The Morgan fingerprint density at radius 3 is 3.40 bits per heavy atom. The van der Waals surface area contributed by atoms with Gasteiger partial charge in [0.25, 0.3) is 0 Å². The molecule has 0 atom stereocenters. The average Bonchev–Trinajstić information content (AvgIpc) is 2.27. The second-order valence-corrected chi connectivity index (χ2v) is 2.68. The van der Waals surface area contributed by atoms with Gasteiger partial charge in [0.2, 0.25) is 0 Å². The molecule has 0 saturated carbocycles. The molecule has 3 nitrogen and oxygen atoms in total. The van der Waals surface area contributed by atoms with Gasteiger partial charge < -0.3 is 5.32 Å². The fourth-order valence-electron chi connectivity index (χ4n) is 1.34. The molecule has 2 rings (SSSR count). The lowest BCUT2D eigenvalue weighted by Crippen LogP contribution is -2.28. The van der Waals surface area contributed by atoms with Crippen molar-refractivity contribution in [2.24, 2.45) is 0 Å². The Kier molecular flexibility index (Phi) is 1.27. The van der Waals surface area contributed by atoms with Crippen LogP contribution in [0, 0.1) is 0 Å². The fourth-order valence-corrected chi connectivity index (χ4v) is 1.34. The molecule has 1 N–H and O–H groups in total. The van der Waals surface area contributed by atoms with E-state index in [-0.39, 0.29) is 0 Å². The Labute approximate surface area is 60.8 Å². The van der Waals surface area contributed by atoms with Gasteiger partial charge in [-0.3, -0.25) is 4.68 Å². The summed E-state index contributed by atoms with van der Waals surface area (Å²) in [4.78, 5) is 0. The molecule has 4 heteroatoms. The Morgan fingerprint density at radius 2 is 2.60 bits per heavy atom. The van der Waals surface area contributed by atoms with Gasteiger partial charge in [-0.1, -0.05) is 0 Å². The Morgan fingerprint density at radius 1 is 1.70 bits per heavy atom. The zero-order chi connectivity index (χ0) is 6.97. The molecule has 1 aromatic rings. The van der Waals surface area contributed by atoms with E-state index in [2.05, 4.69) is 21.2 Å². The summed E-state index contributed by atoms with van der Waals surface area (Å²) in [5.41, 5.74) is 2.43. The van der Waals surface area contributed by atoms with Crippen LogP contribution in [-0.4, -0.2) is 24.2 Å². The lowest BCUT2D eigenvalue weighted by Gasteiger charge is -2.13. The number of nitrogens with zero attached hydrogens (tertiary/aromatic N) is 2. The third-order valence-corrected chi connectivity index (χ3v) is 1.79. The summed E-state index contributed by atoms with van der Waals surface area (Å²) in [6.07, 6.45) is 0. The van der Waals surface area contributed by atoms with Crippen LogP contribution >= 0.6 is 0 Å². The van der Waals surface area contributed by atoms with Crippen LogP contribution in [0.4, 0.5) is 0 Å². The van der Waals surface area contributed by atoms with Crippen molar-refractivity contribution in [2.45, 2.75) is 13.1 Å². The molecule has 1 aliphatic rings. The van der Waals surface area contributed by atoms with Crippen molar-refractivity contribution in [1.82, 2.24) is 15.1 Å². The van der Waals surface area contributed by atoms with E-state index in [1.165, 1.54) is 5.69 Å². The molecular weight excluding hydrogens is 125 g/mol. The van der Waals surface area contributed by atoms with Crippen LogP contribution < -0.4 is 10.9 Å². The maximum Gasteiger partial charge on any atom is 0.166 e. The van der Waals surface area contributed by atoms with Crippen molar-refractivity contribution >= 4 is 13.4 Å². The largest absolute Gasteiger partial charge is 0.309 e. The van der Waals surface area contributed by atoms with Gasteiger partial charge in [-0.15, -0.1) is 0 Å². The van der Waals surface area contributed by atoms with Crippen molar-refractivity contribution in [2.75, 3.05) is 6.54 Å². The first-order valence-corrected chi connectivity index (χ1v) is 3.60. The second-order valence-electron chi connectivity index (χ2n) is 2.68. The summed E-state index contributed by atoms with van der Waals surface area (Å²) in [5, 5.41) is 7.62. The van der Waals surface area contributed by atoms with Crippen LogP contribution in [0.5, 0.6) is 0 Å². The molecule has 0 aliphatic carbocycles. The van der Waals surface area contributed by atoms with Gasteiger partial charge in [-0.05, 0) is 6.07 Å². The van der Waals surface area contributed by atoms with E-state index >= 15 is 0 Å². The molecule has 0 bridgehead atoms. The van der Waals surface area contributed by atoms with E-state index in [0.29, 0.717) is 0 Å². The predicted octanol–water partition coefficient (Wildman–Crippen LogP) is -1.76. The Hall–Kier alpha value is -0.765. The molecule has 10 heavy (non-hydrogen) atoms. The zero-order valence-corrected chi connectivity index (χ0v) is 6.09. The average molecular weight is 135 g/mol. The number of hydrogen-bond donors (Lipinski definition) is 1. The number of rotatable bonds is 0. The highest BCUT2D eigenvalue weighted by molar-refractivity contribution is 6.30. The number of hydrogen-bond acceptors (Lipinski definition) is 2. The van der Waals surface area contributed by atoms with Crippen LogP contribution in [0.1, 0.15) is 5.69 Å². The summed E-state index contributed by atoms with van der Waals surface area (Å²) < 4.78 is 2.08. The van der Waals surface area contributed by atoms with Crippen LogP contribution in [0.2, 0.25) is 0 Å². The minimum Gasteiger partial charge on any atom is -0.309 e. The van der Waals surface area contributed by atoms with Gasteiger partial charge in [0.05, 0.1) is 12.2 Å². The number of nitrogens with one attached hydrogen (secondary N) is 1. The van der Waals surface area contributed by atoms with Gasteiger partial charge in [-0.2, -0.15) is 5.10 Å². The molecule has 2 heterocycles. The molecule has 0 amide bonds. The molecule has 0 aromatic carbocycles. The van der Waals surface area contributed by atoms with Gasteiger partial charge in [0.1, 0.15) is 0 Å². The first-order valence-electron chi connectivity index (χ1n) is 3.60. The van der Waals surface area contributed by atoms with E-state index in [1.54, 1.807) is 0 Å². The first kappa shape index (κ1) is 5.98. The van der Waals surface area contributed by atoms with E-state index in [0.717, 1.165) is 25.2 Å². The number of aromatic nitrogens is 2. The highest BCUT2D eigenvalue weighted by atomic mass is 15.3. The van der Waals surface area contributed by atoms with Gasteiger partial charge in [0.15, 0.2) is 7.85 Å². The molecule has 1 aromatic heterocycles. The fraction of sp³-hybridized carbons (Fsp3) is 0.500. The Bertz CT molecular complexity index is 220. The molecule has 52 valence electrons. The predicted molar refractivity (Wildman–Crippen MR) is 42.1 cm³/mol. The third kappa shape index (κ3) is 0.846. The topological polar surface area (TPSA) is 29.9 Å². The summed E-state index contributed by atoms with van der Waals surface area (Å²) in [5.74, 6) is 0. The summed E-state index contributed by atoms with van der Waals surface area (Å²) >= 11 is 0. The molecule has 0 unspecified atom stereocenters. The SMILES string of the molecule is Bc1cc2n(n1)CCNC2. The quantitative estimate of drug-likeness (QED) is 0.427. The minimum absolute atomic E-state index is 0.973. The Balaban J connectivity index is 2.41. The van der Waals surface area contributed by atoms with Crippen LogP contribution in [-0.2, 0) is 13.1 Å². The highest BCUT2D eigenvalue weighted by Crippen LogP contribution is 1.99. The van der Waals surface area contributed by atoms with E-state index in [9.17, 15) is 0 Å². The summed E-state index contributed by atoms with van der Waals surface area (Å²) in [6, 6.07) is 2.13. The maximum atomic E-state index is 4.33. The monoisotopic (exact) mass is 135 g/mol. The normalized spacial score (nSPS) is 16.8. The van der Waals surface area contributed by atoms with Crippen LogP contribution in [0.15, 0.2) is 6.07 Å².